The molecule has 0 saturated carbocycles. The van der Waals surface area contributed by atoms with Crippen LogP contribution in [-0.4, -0.2) is 22.7 Å². The van der Waals surface area contributed by atoms with E-state index in [1.807, 2.05) is 0 Å². The molecule has 0 spiro atoms. The Balaban J connectivity index is 2.05. The molecule has 1 fully saturated rings. The minimum atomic E-state index is -0.229. The van der Waals surface area contributed by atoms with E-state index in [0.29, 0.717) is 5.89 Å². The van der Waals surface area contributed by atoms with Crippen molar-refractivity contribution in [3.05, 3.63) is 5.89 Å². The van der Waals surface area contributed by atoms with E-state index in [9.17, 15) is 4.79 Å². The molecule has 1 saturated heterocycles. The first-order valence-electron chi connectivity index (χ1n) is 4.48. The predicted molar refractivity (Wildman–Crippen MR) is 46.5 cm³/mol. The monoisotopic (exact) mass is 197 g/mol. The first-order chi connectivity index (χ1) is 6.75. The van der Waals surface area contributed by atoms with Gasteiger partial charge in [-0.3, -0.25) is 10.1 Å². The molecule has 1 unspecified atom stereocenters. The van der Waals surface area contributed by atoms with Crippen molar-refractivity contribution < 1.29 is 13.9 Å². The Kier molecular flexibility index (Phi) is 2.45. The third-order valence-corrected chi connectivity index (χ3v) is 1.93. The molecule has 0 aliphatic carbocycles. The lowest BCUT2D eigenvalue weighted by Crippen LogP contribution is -2.05. The largest absolute Gasteiger partial charge is 0.405 e. The number of carbonyl (C=O) groups excluding carboxylic acids is 1. The highest BCUT2D eigenvalue weighted by molar-refractivity contribution is 5.86. The van der Waals surface area contributed by atoms with Crippen LogP contribution in [0, 0.1) is 0 Å². The summed E-state index contributed by atoms with van der Waals surface area (Å²) in [6.45, 7) is 2.11. The van der Waals surface area contributed by atoms with E-state index in [1.54, 1.807) is 0 Å². The van der Waals surface area contributed by atoms with E-state index in [1.165, 1.54) is 6.92 Å². The van der Waals surface area contributed by atoms with Crippen molar-refractivity contribution in [2.75, 3.05) is 11.9 Å². The molecule has 6 heteroatoms. The van der Waals surface area contributed by atoms with Crippen molar-refractivity contribution in [1.29, 1.82) is 0 Å². The zero-order valence-electron chi connectivity index (χ0n) is 7.82. The number of hydrogen-bond acceptors (Lipinski definition) is 5. The third-order valence-electron chi connectivity index (χ3n) is 1.93. The Labute approximate surface area is 80.6 Å². The minimum Gasteiger partial charge on any atom is -0.405 e. The van der Waals surface area contributed by atoms with Crippen molar-refractivity contribution >= 4 is 11.9 Å². The Morgan fingerprint density at radius 1 is 1.57 bits per heavy atom. The van der Waals surface area contributed by atoms with Crippen LogP contribution in [0.2, 0.25) is 0 Å². The first kappa shape index (κ1) is 9.14. The smallest absolute Gasteiger partial charge is 0.322 e. The molecular formula is C8H11N3O3. The molecule has 2 rings (SSSR count). The van der Waals surface area contributed by atoms with Gasteiger partial charge in [-0.15, -0.1) is 5.10 Å². The van der Waals surface area contributed by atoms with E-state index in [-0.39, 0.29) is 18.0 Å². The highest BCUT2D eigenvalue weighted by Crippen LogP contribution is 2.27. The zero-order chi connectivity index (χ0) is 9.97. The number of rotatable bonds is 2. The Morgan fingerprint density at radius 3 is 3.07 bits per heavy atom. The molecule has 1 amide bonds. The van der Waals surface area contributed by atoms with Crippen molar-refractivity contribution in [3.63, 3.8) is 0 Å². The zero-order valence-corrected chi connectivity index (χ0v) is 7.82. The molecule has 0 aromatic carbocycles. The molecule has 76 valence electrons. The van der Waals surface area contributed by atoms with Gasteiger partial charge in [-0.2, -0.15) is 0 Å². The fourth-order valence-electron chi connectivity index (χ4n) is 1.34. The summed E-state index contributed by atoms with van der Waals surface area (Å²) in [5.41, 5.74) is 0. The van der Waals surface area contributed by atoms with Crippen LogP contribution in [0.4, 0.5) is 6.01 Å². The van der Waals surface area contributed by atoms with Crippen LogP contribution in [0.15, 0.2) is 4.42 Å². The summed E-state index contributed by atoms with van der Waals surface area (Å²) in [7, 11) is 0. The summed E-state index contributed by atoms with van der Waals surface area (Å²) in [6.07, 6.45) is 1.79. The van der Waals surface area contributed by atoms with Gasteiger partial charge in [-0.1, -0.05) is 5.10 Å². The number of ether oxygens (including phenoxy) is 1. The fraction of sp³-hybridized carbons (Fsp3) is 0.625. The summed E-state index contributed by atoms with van der Waals surface area (Å²) in [5.74, 6) is 0.207. The summed E-state index contributed by atoms with van der Waals surface area (Å²) in [4.78, 5) is 10.7. The lowest BCUT2D eigenvalue weighted by atomic mass is 10.2. The Bertz CT molecular complexity index is 330. The van der Waals surface area contributed by atoms with Gasteiger partial charge in [0.05, 0.1) is 0 Å². The lowest BCUT2D eigenvalue weighted by molar-refractivity contribution is -0.114. The number of aromatic nitrogens is 2. The molecule has 0 radical (unpaired) electrons. The number of carbonyl (C=O) groups is 1. The SMILES string of the molecule is CC(=O)Nc1nnc(C2CCCO2)o1. The molecular weight excluding hydrogens is 186 g/mol. The number of nitrogens with one attached hydrogen (secondary N) is 1. The van der Waals surface area contributed by atoms with Gasteiger partial charge in [0.15, 0.2) is 0 Å². The molecule has 1 aliphatic heterocycles. The summed E-state index contributed by atoms with van der Waals surface area (Å²) >= 11 is 0. The lowest BCUT2D eigenvalue weighted by Gasteiger charge is -2.01. The van der Waals surface area contributed by atoms with Crippen molar-refractivity contribution in [2.45, 2.75) is 25.9 Å². The summed E-state index contributed by atoms with van der Waals surface area (Å²) in [5, 5.41) is 9.88. The third kappa shape index (κ3) is 1.90. The van der Waals surface area contributed by atoms with Crippen LogP contribution in [0.25, 0.3) is 0 Å². The normalized spacial score (nSPS) is 21.1. The first-order valence-corrected chi connectivity index (χ1v) is 4.48. The Hall–Kier alpha value is -1.43. The summed E-state index contributed by atoms with van der Waals surface area (Å²) in [6, 6.07) is 0.128. The Morgan fingerprint density at radius 2 is 2.43 bits per heavy atom. The second-order valence-electron chi connectivity index (χ2n) is 3.13. The van der Waals surface area contributed by atoms with Gasteiger partial charge >= 0.3 is 6.01 Å². The molecule has 1 N–H and O–H groups in total. The van der Waals surface area contributed by atoms with Crippen LogP contribution >= 0.6 is 0 Å². The second kappa shape index (κ2) is 3.75. The van der Waals surface area contributed by atoms with E-state index in [2.05, 4.69) is 15.5 Å². The number of hydrogen-bond donors (Lipinski definition) is 1. The quantitative estimate of drug-likeness (QED) is 0.761. The molecule has 6 nitrogen and oxygen atoms in total. The van der Waals surface area contributed by atoms with Gasteiger partial charge in [-0.05, 0) is 12.8 Å². The molecule has 2 heterocycles. The maximum Gasteiger partial charge on any atom is 0.322 e. The van der Waals surface area contributed by atoms with Gasteiger partial charge in [0, 0.05) is 13.5 Å². The summed E-state index contributed by atoms with van der Waals surface area (Å²) < 4.78 is 10.5. The van der Waals surface area contributed by atoms with E-state index in [4.69, 9.17) is 9.15 Å². The van der Waals surface area contributed by atoms with Gasteiger partial charge in [-0.25, -0.2) is 0 Å². The van der Waals surface area contributed by atoms with Gasteiger partial charge in [0.25, 0.3) is 0 Å². The van der Waals surface area contributed by atoms with Gasteiger partial charge < -0.3 is 9.15 Å². The van der Waals surface area contributed by atoms with Crippen molar-refractivity contribution in [3.8, 4) is 0 Å². The van der Waals surface area contributed by atoms with Crippen molar-refractivity contribution in [1.82, 2.24) is 10.2 Å². The standard InChI is InChI=1S/C8H11N3O3/c1-5(12)9-8-11-10-7(14-8)6-3-2-4-13-6/h6H,2-4H2,1H3,(H,9,11,12). The van der Waals surface area contributed by atoms with E-state index < -0.39 is 0 Å². The average Bonchev–Trinajstić information content (AvgIpc) is 2.69. The maximum atomic E-state index is 10.7. The van der Waals surface area contributed by atoms with Gasteiger partial charge in [0.1, 0.15) is 6.10 Å². The predicted octanol–water partition coefficient (Wildman–Crippen LogP) is 0.879. The molecule has 14 heavy (non-hydrogen) atoms. The topological polar surface area (TPSA) is 77.2 Å². The molecule has 1 atom stereocenters. The molecule has 0 bridgehead atoms. The minimum absolute atomic E-state index is 0.106. The average molecular weight is 197 g/mol. The number of amides is 1. The van der Waals surface area contributed by atoms with Crippen LogP contribution in [0.3, 0.4) is 0 Å². The van der Waals surface area contributed by atoms with Crippen molar-refractivity contribution in [2.24, 2.45) is 0 Å². The number of anilines is 1. The van der Waals surface area contributed by atoms with Crippen LogP contribution in [-0.2, 0) is 9.53 Å². The van der Waals surface area contributed by atoms with Crippen LogP contribution in [0.1, 0.15) is 31.8 Å². The second-order valence-corrected chi connectivity index (χ2v) is 3.13. The number of nitrogens with zero attached hydrogens (tertiary/aromatic N) is 2. The molecule has 1 aromatic heterocycles. The van der Waals surface area contributed by atoms with Gasteiger partial charge in [0.2, 0.25) is 11.8 Å². The van der Waals surface area contributed by atoms with Crippen LogP contribution < -0.4 is 5.32 Å². The highest BCUT2D eigenvalue weighted by atomic mass is 16.5. The molecule has 1 aliphatic rings. The fourth-order valence-corrected chi connectivity index (χ4v) is 1.34. The van der Waals surface area contributed by atoms with E-state index in [0.717, 1.165) is 19.4 Å². The highest BCUT2D eigenvalue weighted by Gasteiger charge is 2.23. The van der Waals surface area contributed by atoms with E-state index >= 15 is 0 Å². The van der Waals surface area contributed by atoms with Crippen LogP contribution in [0.5, 0.6) is 0 Å². The molecule has 1 aromatic rings. The maximum absolute atomic E-state index is 10.7.